The zero-order valence-electron chi connectivity index (χ0n) is 10.6. The Morgan fingerprint density at radius 1 is 1.11 bits per heavy atom. The maximum Gasteiger partial charge on any atom is 0.139 e. The summed E-state index contributed by atoms with van der Waals surface area (Å²) in [7, 11) is 0. The van der Waals surface area contributed by atoms with E-state index in [0.29, 0.717) is 5.02 Å². The van der Waals surface area contributed by atoms with Gasteiger partial charge in [-0.15, -0.1) is 0 Å². The van der Waals surface area contributed by atoms with Gasteiger partial charge in [0.25, 0.3) is 0 Å². The van der Waals surface area contributed by atoms with E-state index >= 15 is 0 Å². The van der Waals surface area contributed by atoms with Crippen molar-refractivity contribution in [2.75, 3.05) is 0 Å². The molecule has 3 aromatic rings. The van der Waals surface area contributed by atoms with Crippen LogP contribution in [0.3, 0.4) is 0 Å². The summed E-state index contributed by atoms with van der Waals surface area (Å²) in [5.41, 5.74) is 5.50. The average molecular weight is 336 g/mol. The summed E-state index contributed by atoms with van der Waals surface area (Å²) in [6, 6.07) is 9.92. The van der Waals surface area contributed by atoms with E-state index in [-0.39, 0.29) is 0 Å². The lowest BCUT2D eigenvalue weighted by molar-refractivity contribution is 1.33. The Kier molecular flexibility index (Phi) is 3.11. The van der Waals surface area contributed by atoms with Crippen LogP contribution in [-0.2, 0) is 0 Å². The fraction of sp³-hybridized carbons (Fsp3) is 0.133. The van der Waals surface area contributed by atoms with Gasteiger partial charge in [-0.3, -0.25) is 0 Å². The molecule has 0 bridgehead atoms. The van der Waals surface area contributed by atoms with E-state index in [0.717, 1.165) is 26.9 Å². The number of hydrogen-bond donors (Lipinski definition) is 1. The Balaban J connectivity index is 2.23. The van der Waals surface area contributed by atoms with Crippen molar-refractivity contribution < 1.29 is 0 Å². The van der Waals surface area contributed by atoms with Crippen LogP contribution in [0.15, 0.2) is 34.8 Å². The molecule has 96 valence electrons. The van der Waals surface area contributed by atoms with Crippen LogP contribution in [0.25, 0.3) is 22.4 Å². The summed E-state index contributed by atoms with van der Waals surface area (Å²) in [5.74, 6) is 0.828. The summed E-state index contributed by atoms with van der Waals surface area (Å²) in [6.45, 7) is 4.20. The van der Waals surface area contributed by atoms with Crippen molar-refractivity contribution in [1.82, 2.24) is 9.97 Å². The van der Waals surface area contributed by atoms with Crippen molar-refractivity contribution in [2.45, 2.75) is 13.8 Å². The van der Waals surface area contributed by atoms with E-state index in [1.165, 1.54) is 11.1 Å². The molecule has 0 fully saturated rings. The van der Waals surface area contributed by atoms with Gasteiger partial charge in [-0.05, 0) is 55.3 Å². The first-order valence-electron chi connectivity index (χ1n) is 5.97. The van der Waals surface area contributed by atoms with Crippen LogP contribution in [0, 0.1) is 13.8 Å². The van der Waals surface area contributed by atoms with Gasteiger partial charge < -0.3 is 4.98 Å². The Morgan fingerprint density at radius 3 is 2.63 bits per heavy atom. The van der Waals surface area contributed by atoms with Gasteiger partial charge in [0.1, 0.15) is 5.82 Å². The number of rotatable bonds is 1. The van der Waals surface area contributed by atoms with E-state index < -0.39 is 0 Å². The highest BCUT2D eigenvalue weighted by Crippen LogP contribution is 2.30. The first-order chi connectivity index (χ1) is 9.04. The van der Waals surface area contributed by atoms with Crippen molar-refractivity contribution in [2.24, 2.45) is 0 Å². The van der Waals surface area contributed by atoms with Crippen LogP contribution in [0.4, 0.5) is 0 Å². The third kappa shape index (κ3) is 2.28. The molecule has 0 saturated carbocycles. The molecule has 1 heterocycles. The van der Waals surface area contributed by atoms with Gasteiger partial charge in [-0.2, -0.15) is 0 Å². The molecule has 3 rings (SSSR count). The van der Waals surface area contributed by atoms with E-state index in [1.807, 2.05) is 18.2 Å². The molecule has 0 atom stereocenters. The summed E-state index contributed by atoms with van der Waals surface area (Å²) in [4.78, 5) is 7.99. The van der Waals surface area contributed by atoms with Crippen LogP contribution >= 0.6 is 27.5 Å². The third-order valence-electron chi connectivity index (χ3n) is 3.28. The molecule has 1 N–H and O–H groups in total. The minimum absolute atomic E-state index is 0.700. The molecule has 19 heavy (non-hydrogen) atoms. The van der Waals surface area contributed by atoms with Crippen molar-refractivity contribution in [1.29, 1.82) is 0 Å². The second-order valence-electron chi connectivity index (χ2n) is 4.66. The van der Waals surface area contributed by atoms with Crippen LogP contribution < -0.4 is 0 Å². The average Bonchev–Trinajstić information content (AvgIpc) is 2.75. The zero-order valence-corrected chi connectivity index (χ0v) is 12.9. The van der Waals surface area contributed by atoms with Gasteiger partial charge in [0.05, 0.1) is 11.0 Å². The van der Waals surface area contributed by atoms with Gasteiger partial charge in [-0.1, -0.05) is 27.5 Å². The first-order valence-corrected chi connectivity index (χ1v) is 7.14. The van der Waals surface area contributed by atoms with Gasteiger partial charge in [0, 0.05) is 15.1 Å². The van der Waals surface area contributed by atoms with E-state index in [2.05, 4.69) is 51.9 Å². The molecule has 0 amide bonds. The Hall–Kier alpha value is -1.32. The normalized spacial score (nSPS) is 11.2. The number of aryl methyl sites for hydroxylation is 2. The topological polar surface area (TPSA) is 28.7 Å². The van der Waals surface area contributed by atoms with Crippen molar-refractivity contribution in [3.8, 4) is 11.4 Å². The first kappa shape index (κ1) is 12.7. The smallest absolute Gasteiger partial charge is 0.139 e. The number of halogens is 2. The minimum Gasteiger partial charge on any atom is -0.338 e. The van der Waals surface area contributed by atoms with E-state index in [9.17, 15) is 0 Å². The fourth-order valence-electron chi connectivity index (χ4n) is 2.08. The molecule has 0 unspecified atom stereocenters. The summed E-state index contributed by atoms with van der Waals surface area (Å²) in [5, 5.41) is 0.700. The molecular weight excluding hydrogens is 324 g/mol. The van der Waals surface area contributed by atoms with Crippen molar-refractivity contribution in [3.63, 3.8) is 0 Å². The van der Waals surface area contributed by atoms with E-state index in [1.54, 1.807) is 0 Å². The molecule has 1 aromatic heterocycles. The number of aromatic amines is 1. The highest BCUT2D eigenvalue weighted by Gasteiger charge is 2.10. The lowest BCUT2D eigenvalue weighted by Gasteiger charge is -2.00. The Morgan fingerprint density at radius 2 is 1.84 bits per heavy atom. The Bertz CT molecular complexity index is 738. The van der Waals surface area contributed by atoms with Crippen LogP contribution in [0.5, 0.6) is 0 Å². The van der Waals surface area contributed by atoms with Crippen molar-refractivity contribution >= 4 is 38.6 Å². The number of fused-ring (bicyclic) bond motifs is 1. The number of aromatic nitrogens is 2. The molecule has 0 radical (unpaired) electrons. The van der Waals surface area contributed by atoms with Crippen LogP contribution in [0.1, 0.15) is 11.1 Å². The van der Waals surface area contributed by atoms with Gasteiger partial charge in [-0.25, -0.2) is 4.98 Å². The maximum atomic E-state index is 6.05. The van der Waals surface area contributed by atoms with Crippen molar-refractivity contribution in [3.05, 3.63) is 51.0 Å². The van der Waals surface area contributed by atoms with Gasteiger partial charge in [0.2, 0.25) is 0 Å². The zero-order chi connectivity index (χ0) is 13.6. The quantitative estimate of drug-likeness (QED) is 0.645. The number of imidazole rings is 1. The minimum atomic E-state index is 0.700. The second-order valence-corrected chi connectivity index (χ2v) is 5.95. The molecule has 0 aliphatic rings. The lowest BCUT2D eigenvalue weighted by Crippen LogP contribution is -1.82. The molecule has 4 heteroatoms. The molecule has 0 spiro atoms. The number of hydrogen-bond acceptors (Lipinski definition) is 1. The van der Waals surface area contributed by atoms with Gasteiger partial charge in [0.15, 0.2) is 0 Å². The number of nitrogens with one attached hydrogen (secondary N) is 1. The number of benzene rings is 2. The summed E-state index contributed by atoms with van der Waals surface area (Å²) >= 11 is 9.59. The third-order valence-corrected chi connectivity index (χ3v) is 4.21. The SMILES string of the molecule is Cc1cc2nc(-c3cc(Cl)ccc3Br)[nH]c2cc1C. The molecule has 2 aromatic carbocycles. The largest absolute Gasteiger partial charge is 0.338 e. The molecular formula is C15H12BrClN2. The summed E-state index contributed by atoms with van der Waals surface area (Å²) < 4.78 is 0.976. The van der Waals surface area contributed by atoms with Gasteiger partial charge >= 0.3 is 0 Å². The van der Waals surface area contributed by atoms with Crippen LogP contribution in [0.2, 0.25) is 5.02 Å². The predicted molar refractivity (Wildman–Crippen MR) is 83.7 cm³/mol. The highest BCUT2D eigenvalue weighted by atomic mass is 79.9. The number of H-pyrrole nitrogens is 1. The highest BCUT2D eigenvalue weighted by molar-refractivity contribution is 9.10. The standard InChI is InChI=1S/C15H12BrClN2/c1-8-5-13-14(6-9(8)2)19-15(18-13)11-7-10(17)3-4-12(11)16/h3-7H,1-2H3,(H,18,19). The molecule has 2 nitrogen and oxygen atoms in total. The maximum absolute atomic E-state index is 6.05. The monoisotopic (exact) mass is 334 g/mol. The number of nitrogens with zero attached hydrogens (tertiary/aromatic N) is 1. The lowest BCUT2D eigenvalue weighted by atomic mass is 10.1. The Labute approximate surface area is 124 Å². The molecule has 0 aliphatic heterocycles. The fourth-order valence-corrected chi connectivity index (χ4v) is 2.68. The second kappa shape index (κ2) is 4.66. The molecule has 0 saturated heterocycles. The molecule has 0 aliphatic carbocycles. The predicted octanol–water partition coefficient (Wildman–Crippen LogP) is 5.26. The summed E-state index contributed by atoms with van der Waals surface area (Å²) in [6.07, 6.45) is 0. The van der Waals surface area contributed by atoms with Crippen LogP contribution in [-0.4, -0.2) is 9.97 Å². The van der Waals surface area contributed by atoms with E-state index in [4.69, 9.17) is 11.6 Å².